The van der Waals surface area contributed by atoms with Gasteiger partial charge in [-0.05, 0) is 42.1 Å². The Morgan fingerprint density at radius 2 is 1.87 bits per heavy atom. The molecule has 9 heteroatoms. The number of rotatable bonds is 5. The molecule has 0 unspecified atom stereocenters. The SMILES string of the molecule is CNS(=O)(=O)c1ccc(Cl)c(C(=O)OCc2cc(=O)oc3ccc4ccccc4c23)c1. The first kappa shape index (κ1) is 21.0. The maximum absolute atomic E-state index is 12.7. The third-order valence-corrected chi connectivity index (χ3v) is 6.55. The Bertz CT molecular complexity index is 1490. The van der Waals surface area contributed by atoms with Gasteiger partial charge in [0.1, 0.15) is 12.2 Å². The molecule has 158 valence electrons. The predicted octanol–water partition coefficient (Wildman–Crippen LogP) is 3.86. The van der Waals surface area contributed by atoms with Crippen LogP contribution in [0.4, 0.5) is 0 Å². The second-order valence-electron chi connectivity index (χ2n) is 6.68. The van der Waals surface area contributed by atoms with E-state index in [-0.39, 0.29) is 22.1 Å². The quantitative estimate of drug-likeness (QED) is 0.277. The number of carbonyl (C=O) groups excluding carboxylic acids is 1. The van der Waals surface area contributed by atoms with Crippen molar-refractivity contribution >= 4 is 49.3 Å². The number of benzene rings is 3. The number of hydrogen-bond acceptors (Lipinski definition) is 6. The molecule has 0 aliphatic carbocycles. The molecule has 0 amide bonds. The number of fused-ring (bicyclic) bond motifs is 3. The molecule has 0 bridgehead atoms. The van der Waals surface area contributed by atoms with E-state index >= 15 is 0 Å². The zero-order valence-electron chi connectivity index (χ0n) is 16.2. The van der Waals surface area contributed by atoms with Gasteiger partial charge in [-0.1, -0.05) is 41.9 Å². The summed E-state index contributed by atoms with van der Waals surface area (Å²) in [6, 6.07) is 16.1. The molecule has 0 radical (unpaired) electrons. The lowest BCUT2D eigenvalue weighted by molar-refractivity contribution is 0.0474. The molecule has 0 spiro atoms. The van der Waals surface area contributed by atoms with Gasteiger partial charge in [0.2, 0.25) is 10.0 Å². The summed E-state index contributed by atoms with van der Waals surface area (Å²) < 4.78 is 36.9. The van der Waals surface area contributed by atoms with Gasteiger partial charge >= 0.3 is 11.6 Å². The minimum absolute atomic E-state index is 0.0444. The summed E-state index contributed by atoms with van der Waals surface area (Å²) in [4.78, 5) is 24.5. The van der Waals surface area contributed by atoms with Crippen LogP contribution in [-0.2, 0) is 21.4 Å². The first-order valence-corrected chi connectivity index (χ1v) is 11.0. The summed E-state index contributed by atoms with van der Waals surface area (Å²) in [5, 5.41) is 2.48. The number of carbonyl (C=O) groups is 1. The number of halogens is 1. The molecular formula is C22H16ClNO6S. The third-order valence-electron chi connectivity index (χ3n) is 4.81. The zero-order valence-corrected chi connectivity index (χ0v) is 17.8. The first-order valence-electron chi connectivity index (χ1n) is 9.15. The summed E-state index contributed by atoms with van der Waals surface area (Å²) in [5.41, 5.74) is 0.160. The van der Waals surface area contributed by atoms with Gasteiger partial charge in [0.05, 0.1) is 15.5 Å². The van der Waals surface area contributed by atoms with E-state index in [9.17, 15) is 18.0 Å². The van der Waals surface area contributed by atoms with Crippen molar-refractivity contribution in [1.82, 2.24) is 4.72 Å². The number of nitrogens with one attached hydrogen (secondary N) is 1. The highest BCUT2D eigenvalue weighted by atomic mass is 35.5. The van der Waals surface area contributed by atoms with Gasteiger partial charge in [-0.25, -0.2) is 22.7 Å². The maximum Gasteiger partial charge on any atom is 0.340 e. The van der Waals surface area contributed by atoms with Gasteiger partial charge in [0, 0.05) is 17.0 Å². The van der Waals surface area contributed by atoms with Crippen molar-refractivity contribution in [1.29, 1.82) is 0 Å². The van der Waals surface area contributed by atoms with Gasteiger partial charge in [-0.2, -0.15) is 0 Å². The van der Waals surface area contributed by atoms with E-state index in [1.54, 1.807) is 6.07 Å². The summed E-state index contributed by atoms with van der Waals surface area (Å²) in [6.45, 7) is -0.228. The largest absolute Gasteiger partial charge is 0.457 e. The Kier molecular flexibility index (Phi) is 5.53. The molecule has 4 aromatic rings. The first-order chi connectivity index (χ1) is 14.8. The maximum atomic E-state index is 12.7. The Labute approximate surface area is 182 Å². The van der Waals surface area contributed by atoms with Crippen molar-refractivity contribution in [2.24, 2.45) is 0 Å². The summed E-state index contributed by atoms with van der Waals surface area (Å²) >= 11 is 6.08. The van der Waals surface area contributed by atoms with E-state index in [2.05, 4.69) is 4.72 Å². The molecule has 4 rings (SSSR count). The summed E-state index contributed by atoms with van der Waals surface area (Å²) in [7, 11) is -2.50. The van der Waals surface area contributed by atoms with Crippen molar-refractivity contribution < 1.29 is 22.4 Å². The molecule has 0 atom stereocenters. The highest BCUT2D eigenvalue weighted by molar-refractivity contribution is 7.89. The smallest absolute Gasteiger partial charge is 0.340 e. The Morgan fingerprint density at radius 1 is 1.10 bits per heavy atom. The van der Waals surface area contributed by atoms with Crippen molar-refractivity contribution in [2.45, 2.75) is 11.5 Å². The lowest BCUT2D eigenvalue weighted by Gasteiger charge is -2.11. The Hall–Kier alpha value is -3.20. The second kappa shape index (κ2) is 8.14. The number of hydrogen-bond donors (Lipinski definition) is 1. The van der Waals surface area contributed by atoms with E-state index in [0.717, 1.165) is 16.8 Å². The lowest BCUT2D eigenvalue weighted by Crippen LogP contribution is -2.19. The minimum atomic E-state index is -3.77. The minimum Gasteiger partial charge on any atom is -0.457 e. The van der Waals surface area contributed by atoms with E-state index in [1.807, 2.05) is 30.3 Å². The zero-order chi connectivity index (χ0) is 22.2. The third kappa shape index (κ3) is 4.05. The van der Waals surface area contributed by atoms with Gasteiger partial charge in [0.25, 0.3) is 0 Å². The molecule has 1 N–H and O–H groups in total. The van der Waals surface area contributed by atoms with E-state index in [4.69, 9.17) is 20.8 Å². The molecule has 0 aliphatic heterocycles. The van der Waals surface area contributed by atoms with Crippen molar-refractivity contribution in [3.8, 4) is 0 Å². The van der Waals surface area contributed by atoms with Crippen molar-refractivity contribution in [3.05, 3.63) is 87.2 Å². The predicted molar refractivity (Wildman–Crippen MR) is 117 cm³/mol. The molecule has 1 heterocycles. The van der Waals surface area contributed by atoms with Gasteiger partial charge < -0.3 is 9.15 Å². The normalized spacial score (nSPS) is 11.7. The molecule has 0 saturated carbocycles. The standard InChI is InChI=1S/C22H16ClNO6S/c1-24-31(27,28)15-7-8-18(23)17(11-15)22(26)29-12-14-10-20(25)30-19-9-6-13-4-2-3-5-16(13)21(14)19/h2-11,24H,12H2,1H3. The van der Waals surface area contributed by atoms with Gasteiger partial charge in [0.15, 0.2) is 0 Å². The van der Waals surface area contributed by atoms with Crippen molar-refractivity contribution in [3.63, 3.8) is 0 Å². The Balaban J connectivity index is 1.72. The molecule has 3 aromatic carbocycles. The summed E-state index contributed by atoms with van der Waals surface area (Å²) in [5.74, 6) is -0.820. The Morgan fingerprint density at radius 3 is 2.65 bits per heavy atom. The van der Waals surface area contributed by atoms with E-state index in [1.165, 1.54) is 25.2 Å². The van der Waals surface area contributed by atoms with Crippen LogP contribution < -0.4 is 10.3 Å². The highest BCUT2D eigenvalue weighted by Gasteiger charge is 2.19. The molecule has 0 aliphatic rings. The fraction of sp³-hybridized carbons (Fsp3) is 0.0909. The van der Waals surface area contributed by atoms with Gasteiger partial charge in [-0.3, -0.25) is 0 Å². The van der Waals surface area contributed by atoms with Crippen LogP contribution in [-0.4, -0.2) is 21.4 Å². The van der Waals surface area contributed by atoms with E-state index < -0.39 is 21.6 Å². The van der Waals surface area contributed by atoms with Crippen LogP contribution in [0.15, 0.2) is 74.8 Å². The molecule has 0 fully saturated rings. The van der Waals surface area contributed by atoms with Crippen LogP contribution in [0, 0.1) is 0 Å². The number of ether oxygens (including phenoxy) is 1. The second-order valence-corrected chi connectivity index (χ2v) is 8.97. The fourth-order valence-electron chi connectivity index (χ4n) is 3.30. The van der Waals surface area contributed by atoms with Crippen LogP contribution in [0.25, 0.3) is 21.7 Å². The van der Waals surface area contributed by atoms with Crippen LogP contribution in [0.1, 0.15) is 15.9 Å². The number of esters is 1. The van der Waals surface area contributed by atoms with Gasteiger partial charge in [-0.15, -0.1) is 0 Å². The summed E-state index contributed by atoms with van der Waals surface area (Å²) in [6.07, 6.45) is 0. The lowest BCUT2D eigenvalue weighted by atomic mass is 10.0. The van der Waals surface area contributed by atoms with Crippen LogP contribution in [0.3, 0.4) is 0 Å². The van der Waals surface area contributed by atoms with Crippen LogP contribution >= 0.6 is 11.6 Å². The van der Waals surface area contributed by atoms with E-state index in [0.29, 0.717) is 16.5 Å². The fourth-order valence-corrected chi connectivity index (χ4v) is 4.25. The number of sulfonamides is 1. The van der Waals surface area contributed by atoms with Crippen LogP contribution in [0.2, 0.25) is 5.02 Å². The topological polar surface area (TPSA) is 103 Å². The molecule has 1 aromatic heterocycles. The van der Waals surface area contributed by atoms with Crippen molar-refractivity contribution in [2.75, 3.05) is 7.05 Å². The average molecular weight is 458 g/mol. The average Bonchev–Trinajstić information content (AvgIpc) is 2.76. The molecule has 7 nitrogen and oxygen atoms in total. The molecular weight excluding hydrogens is 442 g/mol. The monoisotopic (exact) mass is 457 g/mol. The molecule has 31 heavy (non-hydrogen) atoms. The highest BCUT2D eigenvalue weighted by Crippen LogP contribution is 2.28. The van der Waals surface area contributed by atoms with Crippen LogP contribution in [0.5, 0.6) is 0 Å². The molecule has 0 saturated heterocycles.